The molecule has 1 aliphatic carbocycles. The fourth-order valence-corrected chi connectivity index (χ4v) is 2.30. The van der Waals surface area contributed by atoms with Crippen LogP contribution in [0.15, 0.2) is 36.7 Å². The van der Waals surface area contributed by atoms with Crippen LogP contribution in [0.1, 0.15) is 25.8 Å². The molecule has 1 aliphatic rings. The minimum atomic E-state index is 0.501. The van der Waals surface area contributed by atoms with E-state index in [1.807, 2.05) is 12.4 Å². The summed E-state index contributed by atoms with van der Waals surface area (Å²) < 4.78 is 0. The second-order valence-corrected chi connectivity index (χ2v) is 5.68. The van der Waals surface area contributed by atoms with E-state index in [-0.39, 0.29) is 0 Å². The summed E-state index contributed by atoms with van der Waals surface area (Å²) in [7, 11) is 0. The largest absolute Gasteiger partial charge is 0.309 e. The molecule has 1 saturated carbocycles. The summed E-state index contributed by atoms with van der Waals surface area (Å²) in [6, 6.07) is 9.35. The summed E-state index contributed by atoms with van der Waals surface area (Å²) in [5.74, 6) is 0. The number of aromatic nitrogens is 1. The van der Waals surface area contributed by atoms with Gasteiger partial charge in [-0.3, -0.25) is 4.98 Å². The Morgan fingerprint density at radius 1 is 1.29 bits per heavy atom. The maximum absolute atomic E-state index is 4.13. The molecule has 0 amide bonds. The molecule has 2 heteroatoms. The molecule has 17 heavy (non-hydrogen) atoms. The number of rotatable bonds is 3. The maximum Gasteiger partial charge on any atom is 0.0346 e. The predicted molar refractivity (Wildman–Crippen MR) is 70.8 cm³/mol. The number of hydrogen-bond acceptors (Lipinski definition) is 2. The van der Waals surface area contributed by atoms with Gasteiger partial charge in [-0.25, -0.2) is 0 Å². The van der Waals surface area contributed by atoms with Crippen molar-refractivity contribution in [3.8, 4) is 0 Å². The molecule has 1 unspecified atom stereocenters. The van der Waals surface area contributed by atoms with Gasteiger partial charge in [-0.2, -0.15) is 0 Å². The third-order valence-corrected chi connectivity index (χ3v) is 3.77. The van der Waals surface area contributed by atoms with Crippen LogP contribution in [0.25, 0.3) is 10.8 Å². The lowest BCUT2D eigenvalue weighted by Gasteiger charge is -2.07. The van der Waals surface area contributed by atoms with E-state index in [4.69, 9.17) is 0 Å². The Hall–Kier alpha value is -1.41. The highest BCUT2D eigenvalue weighted by Gasteiger charge is 2.44. The third-order valence-electron chi connectivity index (χ3n) is 3.77. The van der Waals surface area contributed by atoms with Crippen molar-refractivity contribution in [1.29, 1.82) is 0 Å². The van der Waals surface area contributed by atoms with E-state index in [9.17, 15) is 0 Å². The molecule has 3 rings (SSSR count). The molecule has 1 aromatic carbocycles. The summed E-state index contributed by atoms with van der Waals surface area (Å²) in [6.07, 6.45) is 5.06. The van der Waals surface area contributed by atoms with Gasteiger partial charge in [0.1, 0.15) is 0 Å². The van der Waals surface area contributed by atoms with E-state index in [1.54, 1.807) is 0 Å². The fraction of sp³-hybridized carbons (Fsp3) is 0.400. The normalized spacial score (nSPS) is 21.6. The molecule has 2 aromatic rings. The Balaban J connectivity index is 1.73. The first-order chi connectivity index (χ1) is 8.15. The van der Waals surface area contributed by atoms with Gasteiger partial charge in [0.25, 0.3) is 0 Å². The monoisotopic (exact) mass is 226 g/mol. The van der Waals surface area contributed by atoms with Gasteiger partial charge in [0.2, 0.25) is 0 Å². The van der Waals surface area contributed by atoms with Crippen LogP contribution in [0.3, 0.4) is 0 Å². The first-order valence-corrected chi connectivity index (χ1v) is 6.21. The van der Waals surface area contributed by atoms with Crippen LogP contribution in [0.4, 0.5) is 0 Å². The maximum atomic E-state index is 4.13. The molecule has 1 N–H and O–H groups in total. The summed E-state index contributed by atoms with van der Waals surface area (Å²) in [5.41, 5.74) is 1.85. The molecule has 0 bridgehead atoms. The lowest BCUT2D eigenvalue weighted by atomic mass is 10.1. The SMILES string of the molecule is CC1(C)CC1NCc1ccc2cnccc2c1. The summed E-state index contributed by atoms with van der Waals surface area (Å²) in [6.45, 7) is 5.60. The first-order valence-electron chi connectivity index (χ1n) is 6.21. The van der Waals surface area contributed by atoms with Crippen molar-refractivity contribution in [2.24, 2.45) is 5.41 Å². The molecule has 1 atom stereocenters. The minimum absolute atomic E-state index is 0.501. The molecular formula is C15H18N2. The summed E-state index contributed by atoms with van der Waals surface area (Å²) >= 11 is 0. The highest BCUT2D eigenvalue weighted by molar-refractivity contribution is 5.81. The van der Waals surface area contributed by atoms with E-state index >= 15 is 0 Å². The lowest BCUT2D eigenvalue weighted by Crippen LogP contribution is -2.19. The number of nitrogens with zero attached hydrogens (tertiary/aromatic N) is 1. The Labute approximate surface area is 102 Å². The molecule has 2 nitrogen and oxygen atoms in total. The van der Waals surface area contributed by atoms with Crippen molar-refractivity contribution < 1.29 is 0 Å². The number of fused-ring (bicyclic) bond motifs is 1. The van der Waals surface area contributed by atoms with Gasteiger partial charge in [-0.1, -0.05) is 26.0 Å². The van der Waals surface area contributed by atoms with Gasteiger partial charge in [0.15, 0.2) is 0 Å². The van der Waals surface area contributed by atoms with E-state index in [0.29, 0.717) is 11.5 Å². The molecule has 0 saturated heterocycles. The van der Waals surface area contributed by atoms with Crippen LogP contribution in [-0.4, -0.2) is 11.0 Å². The number of hydrogen-bond donors (Lipinski definition) is 1. The van der Waals surface area contributed by atoms with Gasteiger partial charge >= 0.3 is 0 Å². The Morgan fingerprint density at radius 2 is 2.12 bits per heavy atom. The topological polar surface area (TPSA) is 24.9 Å². The van der Waals surface area contributed by atoms with E-state index < -0.39 is 0 Å². The zero-order chi connectivity index (χ0) is 11.9. The highest BCUT2D eigenvalue weighted by atomic mass is 15.0. The number of pyridine rings is 1. The molecular weight excluding hydrogens is 208 g/mol. The fourth-order valence-electron chi connectivity index (χ4n) is 2.30. The van der Waals surface area contributed by atoms with Crippen molar-refractivity contribution in [3.63, 3.8) is 0 Å². The van der Waals surface area contributed by atoms with Gasteiger partial charge in [-0.05, 0) is 34.9 Å². The van der Waals surface area contributed by atoms with Crippen LogP contribution >= 0.6 is 0 Å². The van der Waals surface area contributed by atoms with Crippen LogP contribution < -0.4 is 5.32 Å². The van der Waals surface area contributed by atoms with Crippen LogP contribution in [0.2, 0.25) is 0 Å². The Kier molecular flexibility index (Phi) is 2.40. The summed E-state index contributed by atoms with van der Waals surface area (Å²) in [4.78, 5) is 4.13. The van der Waals surface area contributed by atoms with Crippen molar-refractivity contribution in [2.45, 2.75) is 32.9 Å². The molecule has 1 aromatic heterocycles. The molecule has 1 heterocycles. The van der Waals surface area contributed by atoms with Crippen LogP contribution in [0, 0.1) is 5.41 Å². The van der Waals surface area contributed by atoms with Crippen molar-refractivity contribution in [3.05, 3.63) is 42.2 Å². The second kappa shape index (κ2) is 3.81. The number of benzene rings is 1. The average molecular weight is 226 g/mol. The average Bonchev–Trinajstić information content (AvgIpc) is 2.94. The van der Waals surface area contributed by atoms with E-state index in [1.165, 1.54) is 22.8 Å². The Morgan fingerprint density at radius 3 is 2.88 bits per heavy atom. The van der Waals surface area contributed by atoms with Crippen LogP contribution in [0.5, 0.6) is 0 Å². The van der Waals surface area contributed by atoms with E-state index in [2.05, 4.69) is 48.4 Å². The molecule has 0 spiro atoms. The van der Waals surface area contributed by atoms with Crippen molar-refractivity contribution in [1.82, 2.24) is 10.3 Å². The zero-order valence-electron chi connectivity index (χ0n) is 10.4. The van der Waals surface area contributed by atoms with Gasteiger partial charge in [0, 0.05) is 30.4 Å². The number of nitrogens with one attached hydrogen (secondary N) is 1. The van der Waals surface area contributed by atoms with Crippen molar-refractivity contribution in [2.75, 3.05) is 0 Å². The molecule has 0 radical (unpaired) electrons. The highest BCUT2D eigenvalue weighted by Crippen LogP contribution is 2.44. The quantitative estimate of drug-likeness (QED) is 0.869. The van der Waals surface area contributed by atoms with Gasteiger partial charge < -0.3 is 5.32 Å². The van der Waals surface area contributed by atoms with Crippen molar-refractivity contribution >= 4 is 10.8 Å². The Bertz CT molecular complexity index is 545. The van der Waals surface area contributed by atoms with Gasteiger partial charge in [-0.15, -0.1) is 0 Å². The van der Waals surface area contributed by atoms with Crippen LogP contribution in [-0.2, 0) is 6.54 Å². The zero-order valence-corrected chi connectivity index (χ0v) is 10.4. The predicted octanol–water partition coefficient (Wildman–Crippen LogP) is 3.12. The molecule has 88 valence electrons. The first kappa shape index (κ1) is 10.7. The second-order valence-electron chi connectivity index (χ2n) is 5.68. The van der Waals surface area contributed by atoms with Gasteiger partial charge in [0.05, 0.1) is 0 Å². The lowest BCUT2D eigenvalue weighted by molar-refractivity contribution is 0.542. The minimum Gasteiger partial charge on any atom is -0.309 e. The summed E-state index contributed by atoms with van der Waals surface area (Å²) in [5, 5.41) is 6.10. The smallest absolute Gasteiger partial charge is 0.0346 e. The third kappa shape index (κ3) is 2.18. The van der Waals surface area contributed by atoms with E-state index in [0.717, 1.165) is 6.54 Å². The standard InChI is InChI=1S/C15H18N2/c1-15(2)8-14(15)17-9-11-3-4-13-10-16-6-5-12(13)7-11/h3-7,10,14,17H,8-9H2,1-2H3. The molecule has 0 aliphatic heterocycles. The molecule has 1 fully saturated rings.